The van der Waals surface area contributed by atoms with E-state index in [-0.39, 0.29) is 5.92 Å². The van der Waals surface area contributed by atoms with Crippen LogP contribution >= 0.6 is 0 Å². The van der Waals surface area contributed by atoms with E-state index in [4.69, 9.17) is 0 Å². The van der Waals surface area contributed by atoms with Gasteiger partial charge in [0.1, 0.15) is 7.05 Å². The van der Waals surface area contributed by atoms with E-state index in [1.165, 1.54) is 0 Å². The Morgan fingerprint density at radius 2 is 2.12 bits per heavy atom. The Balaban J connectivity index is 0.000000326. The van der Waals surface area contributed by atoms with Gasteiger partial charge in [-0.05, 0) is 36.8 Å². The number of pyridine rings is 1. The molecule has 25 heavy (non-hydrogen) atoms. The van der Waals surface area contributed by atoms with Gasteiger partial charge >= 0.3 is 0 Å². The zero-order valence-corrected chi connectivity index (χ0v) is 15.3. The second-order valence-electron chi connectivity index (χ2n) is 6.05. The summed E-state index contributed by atoms with van der Waals surface area (Å²) in [6.45, 7) is 0. The smallest absolute Gasteiger partial charge is 0.217 e. The lowest BCUT2D eigenvalue weighted by molar-refractivity contribution is -0.671. The largest absolute Gasteiger partial charge is 0.726 e. The molecule has 8 heteroatoms. The van der Waals surface area contributed by atoms with E-state index in [1.54, 1.807) is 0 Å². The topological polar surface area (TPSA) is 90.6 Å². The molecule has 1 aliphatic heterocycles. The van der Waals surface area contributed by atoms with Crippen molar-refractivity contribution < 1.29 is 26.5 Å². The molecule has 2 atom stereocenters. The molecule has 1 fully saturated rings. The van der Waals surface area contributed by atoms with Crippen LogP contribution < -0.4 is 4.57 Å². The number of hydrogen-bond acceptors (Lipinski definition) is 6. The average molecular weight is 366 g/mol. The predicted octanol–water partition coefficient (Wildman–Crippen LogP) is 0.794. The summed E-state index contributed by atoms with van der Waals surface area (Å²) in [5.74, 6) is 0.353. The van der Waals surface area contributed by atoms with Crippen molar-refractivity contribution in [1.82, 2.24) is 4.90 Å². The number of rotatable bonds is 2. The summed E-state index contributed by atoms with van der Waals surface area (Å²) in [7, 11) is 0.447. The van der Waals surface area contributed by atoms with Gasteiger partial charge in [0, 0.05) is 24.7 Å². The van der Waals surface area contributed by atoms with Crippen molar-refractivity contribution in [2.75, 3.05) is 14.2 Å². The standard InChI is InChI=1S/C16H19N2O.CH4O4S/c1-17-8-3-4-12(11-17)10-13-5-6-15-14(16(13)19)7-9-18(15)2;1-5-6(2,3)4/h3-4,7-11,14-15H,5-6H2,1-2H3;1H3,(H,2,3,4)/q+1;/p-1/b13-10+;. The zero-order chi connectivity index (χ0) is 18.6. The van der Waals surface area contributed by atoms with Crippen molar-refractivity contribution in [3.05, 3.63) is 47.9 Å². The lowest BCUT2D eigenvalue weighted by Gasteiger charge is -2.30. The molecule has 2 heterocycles. The normalized spacial score (nSPS) is 24.1. The van der Waals surface area contributed by atoms with E-state index < -0.39 is 10.4 Å². The molecule has 1 aromatic heterocycles. The number of aromatic nitrogens is 1. The van der Waals surface area contributed by atoms with Crippen LogP contribution in [0.5, 0.6) is 0 Å². The molecule has 1 aliphatic carbocycles. The van der Waals surface area contributed by atoms with Crippen molar-refractivity contribution in [2.24, 2.45) is 13.0 Å². The van der Waals surface area contributed by atoms with Crippen LogP contribution in [0.25, 0.3) is 6.08 Å². The number of aryl methyl sites for hydroxylation is 1. The maximum atomic E-state index is 12.5. The summed E-state index contributed by atoms with van der Waals surface area (Å²) < 4.78 is 33.0. The molecule has 0 bridgehead atoms. The first-order valence-electron chi connectivity index (χ1n) is 7.83. The second-order valence-corrected chi connectivity index (χ2v) is 7.20. The number of nitrogens with zero attached hydrogens (tertiary/aromatic N) is 2. The predicted molar refractivity (Wildman–Crippen MR) is 90.7 cm³/mol. The molecular weight excluding hydrogens is 344 g/mol. The average Bonchev–Trinajstić information content (AvgIpc) is 2.92. The van der Waals surface area contributed by atoms with Crippen LogP contribution in [0.15, 0.2) is 42.4 Å². The molecule has 2 aliphatic rings. The molecular formula is C17H22N2O5S. The summed E-state index contributed by atoms with van der Waals surface area (Å²) in [6.07, 6.45) is 12.1. The molecule has 0 N–H and O–H groups in total. The molecule has 0 aromatic carbocycles. The highest BCUT2D eigenvalue weighted by atomic mass is 32.3. The molecule has 0 amide bonds. The van der Waals surface area contributed by atoms with Crippen LogP contribution in [-0.4, -0.2) is 43.9 Å². The zero-order valence-electron chi connectivity index (χ0n) is 14.5. The van der Waals surface area contributed by atoms with E-state index in [9.17, 15) is 17.8 Å². The monoisotopic (exact) mass is 366 g/mol. The number of fused-ring (bicyclic) bond motifs is 1. The number of Topliss-reactive ketones (excluding diaryl/α,β-unsaturated/α-hetero) is 1. The van der Waals surface area contributed by atoms with Crippen molar-refractivity contribution in [3.63, 3.8) is 0 Å². The third kappa shape index (κ3) is 5.22. The van der Waals surface area contributed by atoms with Crippen LogP contribution in [0.3, 0.4) is 0 Å². The number of allylic oxidation sites excluding steroid dienone is 1. The molecule has 136 valence electrons. The number of carbonyl (C=O) groups excluding carboxylic acids is 1. The van der Waals surface area contributed by atoms with Crippen molar-refractivity contribution in [3.8, 4) is 0 Å². The third-order valence-corrected chi connectivity index (χ3v) is 4.71. The summed E-state index contributed by atoms with van der Waals surface area (Å²) >= 11 is 0. The van der Waals surface area contributed by atoms with Gasteiger partial charge in [-0.25, -0.2) is 13.0 Å². The number of hydrogen-bond donors (Lipinski definition) is 0. The van der Waals surface area contributed by atoms with Gasteiger partial charge in [-0.15, -0.1) is 0 Å². The Bertz CT molecular complexity index is 801. The van der Waals surface area contributed by atoms with Crippen molar-refractivity contribution in [1.29, 1.82) is 0 Å². The molecule has 0 spiro atoms. The van der Waals surface area contributed by atoms with Gasteiger partial charge in [-0.2, -0.15) is 0 Å². The first-order chi connectivity index (χ1) is 11.7. The van der Waals surface area contributed by atoms with E-state index in [2.05, 4.69) is 16.1 Å². The van der Waals surface area contributed by atoms with E-state index in [0.29, 0.717) is 11.8 Å². The number of ketones is 1. The molecule has 0 saturated heterocycles. The Morgan fingerprint density at radius 1 is 1.44 bits per heavy atom. The maximum absolute atomic E-state index is 12.5. The summed E-state index contributed by atoms with van der Waals surface area (Å²) in [5.41, 5.74) is 2.06. The highest BCUT2D eigenvalue weighted by molar-refractivity contribution is 7.80. The first kappa shape index (κ1) is 19.3. The van der Waals surface area contributed by atoms with Crippen molar-refractivity contribution in [2.45, 2.75) is 18.9 Å². The van der Waals surface area contributed by atoms with E-state index in [1.807, 2.05) is 54.5 Å². The minimum Gasteiger partial charge on any atom is -0.726 e. The van der Waals surface area contributed by atoms with E-state index >= 15 is 0 Å². The van der Waals surface area contributed by atoms with Crippen LogP contribution in [0.2, 0.25) is 0 Å². The fraction of sp³-hybridized carbons (Fsp3) is 0.412. The maximum Gasteiger partial charge on any atom is 0.217 e. The van der Waals surface area contributed by atoms with E-state index in [0.717, 1.165) is 31.1 Å². The molecule has 7 nitrogen and oxygen atoms in total. The van der Waals surface area contributed by atoms with Crippen LogP contribution in [0, 0.1) is 5.92 Å². The van der Waals surface area contributed by atoms with Crippen molar-refractivity contribution >= 4 is 22.3 Å². The van der Waals surface area contributed by atoms with Gasteiger partial charge < -0.3 is 9.45 Å². The Morgan fingerprint density at radius 3 is 2.72 bits per heavy atom. The minimum atomic E-state index is -4.41. The SMILES string of the molecule is CN1C=CC2C(=O)/C(=C/c3ccc[n+](C)c3)CCC21.COS(=O)(=O)[O-]. The summed E-state index contributed by atoms with van der Waals surface area (Å²) in [5, 5.41) is 0. The molecule has 1 saturated carbocycles. The Hall–Kier alpha value is -2.03. The molecule has 0 radical (unpaired) electrons. The highest BCUT2D eigenvalue weighted by Crippen LogP contribution is 2.34. The Labute approximate surface area is 148 Å². The van der Waals surface area contributed by atoms with Gasteiger partial charge in [0.25, 0.3) is 0 Å². The molecule has 3 rings (SSSR count). The number of carbonyl (C=O) groups is 1. The summed E-state index contributed by atoms with van der Waals surface area (Å²) in [6, 6.07) is 4.42. The van der Waals surface area contributed by atoms with Crippen LogP contribution in [0.4, 0.5) is 0 Å². The minimum absolute atomic E-state index is 0.0578. The fourth-order valence-corrected chi connectivity index (χ4v) is 3.05. The summed E-state index contributed by atoms with van der Waals surface area (Å²) in [4.78, 5) is 14.7. The van der Waals surface area contributed by atoms with Gasteiger partial charge in [0.05, 0.1) is 13.0 Å². The lowest BCUT2D eigenvalue weighted by Crippen LogP contribution is -2.37. The Kier molecular flexibility index (Phi) is 6.10. The lowest BCUT2D eigenvalue weighted by atomic mass is 9.81. The fourth-order valence-electron chi connectivity index (χ4n) is 3.05. The second kappa shape index (κ2) is 7.90. The van der Waals surface area contributed by atoms with Gasteiger partial charge in [-0.1, -0.05) is 6.08 Å². The molecule has 2 unspecified atom stereocenters. The van der Waals surface area contributed by atoms with Gasteiger partial charge in [0.2, 0.25) is 10.4 Å². The first-order valence-corrected chi connectivity index (χ1v) is 9.16. The third-order valence-electron chi connectivity index (χ3n) is 4.30. The highest BCUT2D eigenvalue weighted by Gasteiger charge is 2.37. The quantitative estimate of drug-likeness (QED) is 0.333. The molecule has 1 aromatic rings. The van der Waals surface area contributed by atoms with Gasteiger partial charge in [0.15, 0.2) is 18.2 Å². The van der Waals surface area contributed by atoms with Gasteiger partial charge in [-0.3, -0.25) is 8.98 Å². The van der Waals surface area contributed by atoms with Crippen LogP contribution in [0.1, 0.15) is 18.4 Å². The van der Waals surface area contributed by atoms with Crippen LogP contribution in [-0.2, 0) is 26.4 Å².